The second-order valence-electron chi connectivity index (χ2n) is 5.80. The van der Waals surface area contributed by atoms with Gasteiger partial charge in [0, 0.05) is 25.0 Å². The van der Waals surface area contributed by atoms with E-state index in [1.807, 2.05) is 55.5 Å². The van der Waals surface area contributed by atoms with Crippen molar-refractivity contribution in [3.8, 4) is 0 Å². The summed E-state index contributed by atoms with van der Waals surface area (Å²) in [5.74, 6) is -0.275. The van der Waals surface area contributed by atoms with Crippen molar-refractivity contribution in [2.24, 2.45) is 0 Å². The Labute approximate surface area is 151 Å². The molecule has 2 aromatic carbocycles. The number of carbonyl (C=O) groups is 2. The molecule has 0 aliphatic carbocycles. The summed E-state index contributed by atoms with van der Waals surface area (Å²) in [5.41, 5.74) is 2.84. The van der Waals surface area contributed by atoms with Gasteiger partial charge in [0.15, 0.2) is 0 Å². The van der Waals surface area contributed by atoms with Crippen LogP contribution in [0.25, 0.3) is 0 Å². The molecule has 0 fully saturated rings. The number of hydrogen-bond acceptors (Lipinski definition) is 2. The molecule has 4 nitrogen and oxygen atoms in total. The Morgan fingerprint density at radius 2 is 1.75 bits per heavy atom. The van der Waals surface area contributed by atoms with Crippen molar-refractivity contribution < 1.29 is 9.59 Å². The first-order chi connectivity index (χ1) is 11.4. The fourth-order valence-corrected chi connectivity index (χ4v) is 3.11. The molecular weight excluding hydrogens is 368 g/mol. The summed E-state index contributed by atoms with van der Waals surface area (Å²) >= 11 is 3.48. The third kappa shape index (κ3) is 4.68. The van der Waals surface area contributed by atoms with E-state index in [9.17, 15) is 9.59 Å². The zero-order valence-corrected chi connectivity index (χ0v) is 15.7. The van der Waals surface area contributed by atoms with Crippen LogP contribution in [0.4, 0.5) is 5.69 Å². The lowest BCUT2D eigenvalue weighted by Gasteiger charge is -2.25. The summed E-state index contributed by atoms with van der Waals surface area (Å²) in [4.78, 5) is 27.7. The summed E-state index contributed by atoms with van der Waals surface area (Å²) in [6, 6.07) is 15.5. The van der Waals surface area contributed by atoms with Crippen LogP contribution in [0.15, 0.2) is 53.0 Å². The van der Waals surface area contributed by atoms with E-state index < -0.39 is 0 Å². The molecule has 24 heavy (non-hydrogen) atoms. The van der Waals surface area contributed by atoms with Crippen molar-refractivity contribution in [1.29, 1.82) is 0 Å². The molecular formula is C19H21BrN2O2. The molecule has 0 aliphatic heterocycles. The lowest BCUT2D eigenvalue weighted by Crippen LogP contribution is -2.40. The van der Waals surface area contributed by atoms with Gasteiger partial charge in [-0.3, -0.25) is 9.59 Å². The maximum Gasteiger partial charge on any atom is 0.242 e. The topological polar surface area (TPSA) is 40.6 Å². The molecule has 0 bridgehead atoms. The normalized spacial score (nSPS) is 10.3. The number of halogens is 1. The zero-order valence-electron chi connectivity index (χ0n) is 14.1. The third-order valence-electron chi connectivity index (χ3n) is 3.76. The highest BCUT2D eigenvalue weighted by Crippen LogP contribution is 2.27. The van der Waals surface area contributed by atoms with Crippen LogP contribution in [0, 0.1) is 6.92 Å². The molecule has 5 heteroatoms. The molecule has 0 heterocycles. The van der Waals surface area contributed by atoms with Gasteiger partial charge in [-0.2, -0.15) is 0 Å². The van der Waals surface area contributed by atoms with Gasteiger partial charge < -0.3 is 9.80 Å². The Bertz CT molecular complexity index is 731. The van der Waals surface area contributed by atoms with Gasteiger partial charge in [0.2, 0.25) is 11.8 Å². The van der Waals surface area contributed by atoms with E-state index in [0.29, 0.717) is 12.2 Å². The van der Waals surface area contributed by atoms with Crippen molar-refractivity contribution in [3.63, 3.8) is 0 Å². The van der Waals surface area contributed by atoms with Gasteiger partial charge in [-0.1, -0.05) is 36.4 Å². The average Bonchev–Trinajstić information content (AvgIpc) is 2.53. The number of anilines is 1. The van der Waals surface area contributed by atoms with Crippen LogP contribution in [0.3, 0.4) is 0 Å². The minimum atomic E-state index is -0.166. The van der Waals surface area contributed by atoms with E-state index >= 15 is 0 Å². The highest BCUT2D eigenvalue weighted by atomic mass is 79.9. The maximum absolute atomic E-state index is 12.5. The fraction of sp³-hybridized carbons (Fsp3) is 0.263. The van der Waals surface area contributed by atoms with E-state index in [-0.39, 0.29) is 18.4 Å². The van der Waals surface area contributed by atoms with Gasteiger partial charge in [0.25, 0.3) is 0 Å². The van der Waals surface area contributed by atoms with Gasteiger partial charge >= 0.3 is 0 Å². The van der Waals surface area contributed by atoms with Crippen molar-refractivity contribution in [1.82, 2.24) is 4.90 Å². The first-order valence-corrected chi connectivity index (χ1v) is 8.50. The van der Waals surface area contributed by atoms with Crippen molar-refractivity contribution in [2.45, 2.75) is 20.4 Å². The molecule has 0 atom stereocenters. The molecule has 0 saturated heterocycles. The molecule has 0 aromatic heterocycles. The van der Waals surface area contributed by atoms with Gasteiger partial charge in [-0.25, -0.2) is 0 Å². The largest absolute Gasteiger partial charge is 0.340 e. The van der Waals surface area contributed by atoms with Crippen LogP contribution in [0.2, 0.25) is 0 Å². The van der Waals surface area contributed by atoms with Gasteiger partial charge in [-0.05, 0) is 46.1 Å². The Morgan fingerprint density at radius 1 is 1.08 bits per heavy atom. The van der Waals surface area contributed by atoms with Crippen molar-refractivity contribution in [2.75, 3.05) is 18.5 Å². The van der Waals surface area contributed by atoms with Gasteiger partial charge in [0.1, 0.15) is 6.54 Å². The van der Waals surface area contributed by atoms with Gasteiger partial charge in [-0.15, -0.1) is 0 Å². The first kappa shape index (κ1) is 18.2. The first-order valence-electron chi connectivity index (χ1n) is 7.70. The number of nitrogens with zero attached hydrogens (tertiary/aromatic N) is 2. The average molecular weight is 389 g/mol. The van der Waals surface area contributed by atoms with Crippen molar-refractivity contribution in [3.05, 3.63) is 64.1 Å². The Kier molecular flexibility index (Phi) is 6.15. The van der Waals surface area contributed by atoms with E-state index in [1.54, 1.807) is 11.9 Å². The number of rotatable bonds is 5. The van der Waals surface area contributed by atoms with E-state index in [4.69, 9.17) is 0 Å². The predicted molar refractivity (Wildman–Crippen MR) is 99.8 cm³/mol. The van der Waals surface area contributed by atoms with Crippen molar-refractivity contribution >= 4 is 33.4 Å². The standard InChI is InChI=1S/C19H21BrN2O2/c1-14-9-10-18(17(20)11-14)22(15(2)23)13-19(24)21(3)12-16-7-5-4-6-8-16/h4-11H,12-13H2,1-3H3. The quantitative estimate of drug-likeness (QED) is 0.781. The smallest absolute Gasteiger partial charge is 0.242 e. The van der Waals surface area contributed by atoms with E-state index in [0.717, 1.165) is 15.6 Å². The van der Waals surface area contributed by atoms with Crippen LogP contribution >= 0.6 is 15.9 Å². The second kappa shape index (κ2) is 8.11. The summed E-state index contributed by atoms with van der Waals surface area (Å²) < 4.78 is 0.802. The maximum atomic E-state index is 12.5. The van der Waals surface area contributed by atoms with E-state index in [1.165, 1.54) is 11.8 Å². The number of carbonyl (C=O) groups excluding carboxylic acids is 2. The zero-order chi connectivity index (χ0) is 17.7. The molecule has 0 radical (unpaired) electrons. The van der Waals surface area contributed by atoms with Crippen LogP contribution in [-0.2, 0) is 16.1 Å². The van der Waals surface area contributed by atoms with E-state index in [2.05, 4.69) is 15.9 Å². The molecule has 0 spiro atoms. The lowest BCUT2D eigenvalue weighted by molar-refractivity contribution is -0.130. The molecule has 0 aliphatic rings. The van der Waals surface area contributed by atoms with Crippen LogP contribution in [-0.4, -0.2) is 30.3 Å². The number of aryl methyl sites for hydroxylation is 1. The summed E-state index contributed by atoms with van der Waals surface area (Å²) in [6.07, 6.45) is 0. The van der Waals surface area contributed by atoms with Crippen LogP contribution in [0.1, 0.15) is 18.1 Å². The molecule has 2 aromatic rings. The monoisotopic (exact) mass is 388 g/mol. The minimum absolute atomic E-state index is 0.0142. The second-order valence-corrected chi connectivity index (χ2v) is 6.65. The number of benzene rings is 2. The van der Waals surface area contributed by atoms with Gasteiger partial charge in [0.05, 0.1) is 5.69 Å². The molecule has 0 saturated carbocycles. The predicted octanol–water partition coefficient (Wildman–Crippen LogP) is 3.77. The fourth-order valence-electron chi connectivity index (χ4n) is 2.40. The third-order valence-corrected chi connectivity index (χ3v) is 4.39. The highest BCUT2D eigenvalue weighted by Gasteiger charge is 2.20. The summed E-state index contributed by atoms with van der Waals surface area (Å²) in [7, 11) is 1.75. The summed E-state index contributed by atoms with van der Waals surface area (Å²) in [6.45, 7) is 3.98. The van der Waals surface area contributed by atoms with Crippen LogP contribution < -0.4 is 4.90 Å². The Hall–Kier alpha value is -2.14. The lowest BCUT2D eigenvalue weighted by atomic mass is 10.2. The van der Waals surface area contributed by atoms with Crippen LogP contribution in [0.5, 0.6) is 0 Å². The Balaban J connectivity index is 2.12. The molecule has 0 unspecified atom stereocenters. The summed E-state index contributed by atoms with van der Waals surface area (Å²) in [5, 5.41) is 0. The minimum Gasteiger partial charge on any atom is -0.340 e. The number of amides is 2. The number of likely N-dealkylation sites (N-methyl/N-ethyl adjacent to an activating group) is 1. The SMILES string of the molecule is CC(=O)N(CC(=O)N(C)Cc1ccccc1)c1ccc(C)cc1Br. The highest BCUT2D eigenvalue weighted by molar-refractivity contribution is 9.10. The molecule has 0 N–H and O–H groups in total. The Morgan fingerprint density at radius 3 is 2.33 bits per heavy atom. The molecule has 2 amide bonds. The number of hydrogen-bond donors (Lipinski definition) is 0. The molecule has 2 rings (SSSR count). The molecule has 126 valence electrons.